The molecular weight excluding hydrogens is 248 g/mol. The minimum atomic E-state index is 0.0722. The van der Waals surface area contributed by atoms with Crippen molar-refractivity contribution in [1.29, 1.82) is 0 Å². The Morgan fingerprint density at radius 2 is 1.80 bits per heavy atom. The van der Waals surface area contributed by atoms with Gasteiger partial charge < -0.3 is 10.6 Å². The van der Waals surface area contributed by atoms with Crippen LogP contribution in [0.2, 0.25) is 0 Å². The zero-order valence-electron chi connectivity index (χ0n) is 12.5. The summed E-state index contributed by atoms with van der Waals surface area (Å²) in [5.41, 5.74) is 5.66. The second-order valence-corrected chi connectivity index (χ2v) is 6.69. The number of fused-ring (bicyclic) bond motifs is 1. The van der Waals surface area contributed by atoms with E-state index < -0.39 is 0 Å². The molecule has 2 aliphatic rings. The highest BCUT2D eigenvalue weighted by atomic mass is 16.2. The van der Waals surface area contributed by atoms with Crippen LogP contribution in [0, 0.1) is 0 Å². The summed E-state index contributed by atoms with van der Waals surface area (Å²) in [6, 6.07) is 6.36. The van der Waals surface area contributed by atoms with Crippen LogP contribution < -0.4 is 10.6 Å². The molecule has 2 N–H and O–H groups in total. The van der Waals surface area contributed by atoms with Crippen LogP contribution in [0.4, 0.5) is 5.69 Å². The third-order valence-electron chi connectivity index (χ3n) is 4.19. The maximum Gasteiger partial charge on any atom is 0.256 e. The third kappa shape index (κ3) is 2.27. The first-order chi connectivity index (χ1) is 9.47. The molecule has 0 spiro atoms. The molecule has 0 bridgehead atoms. The van der Waals surface area contributed by atoms with Gasteiger partial charge in [0.2, 0.25) is 0 Å². The fourth-order valence-corrected chi connectivity index (χ4v) is 2.96. The van der Waals surface area contributed by atoms with E-state index in [0.717, 1.165) is 42.8 Å². The van der Waals surface area contributed by atoms with Crippen LogP contribution in [-0.2, 0) is 10.2 Å². The van der Waals surface area contributed by atoms with Gasteiger partial charge in [-0.1, -0.05) is 32.4 Å². The summed E-state index contributed by atoms with van der Waals surface area (Å²) in [6.45, 7) is 8.56. The molecule has 0 aliphatic carbocycles. The van der Waals surface area contributed by atoms with Gasteiger partial charge in [-0.2, -0.15) is 0 Å². The first-order valence-corrected chi connectivity index (χ1v) is 7.36. The fourth-order valence-electron chi connectivity index (χ4n) is 2.96. The van der Waals surface area contributed by atoms with E-state index in [1.807, 2.05) is 6.07 Å². The van der Waals surface area contributed by atoms with Crippen molar-refractivity contribution in [2.75, 3.05) is 18.4 Å². The van der Waals surface area contributed by atoms with E-state index in [4.69, 9.17) is 0 Å². The van der Waals surface area contributed by atoms with Crippen LogP contribution in [0.1, 0.15) is 44.7 Å². The number of amides is 1. The Hall–Kier alpha value is -1.61. The number of nitrogens with one attached hydrogen (secondary N) is 2. The summed E-state index contributed by atoms with van der Waals surface area (Å²) >= 11 is 0. The van der Waals surface area contributed by atoms with Gasteiger partial charge in [0, 0.05) is 16.8 Å². The van der Waals surface area contributed by atoms with E-state index in [0.29, 0.717) is 0 Å². The Bertz CT molecular complexity index is 585. The van der Waals surface area contributed by atoms with Gasteiger partial charge in [-0.25, -0.2) is 0 Å². The fraction of sp³-hybridized carbons (Fsp3) is 0.471. The van der Waals surface area contributed by atoms with Gasteiger partial charge in [-0.15, -0.1) is 0 Å². The molecule has 0 atom stereocenters. The molecule has 106 valence electrons. The molecule has 3 rings (SSSR count). The zero-order chi connectivity index (χ0) is 14.3. The topological polar surface area (TPSA) is 41.1 Å². The minimum Gasteiger partial charge on any atom is -0.321 e. The molecule has 2 heterocycles. The third-order valence-corrected chi connectivity index (χ3v) is 4.19. The first kappa shape index (κ1) is 13.4. The Labute approximate surface area is 120 Å². The van der Waals surface area contributed by atoms with Gasteiger partial charge in [0.25, 0.3) is 5.91 Å². The van der Waals surface area contributed by atoms with Crippen molar-refractivity contribution in [1.82, 2.24) is 5.32 Å². The number of carbonyl (C=O) groups excluding carboxylic acids is 1. The maximum atomic E-state index is 12.3. The number of carbonyl (C=O) groups is 1. The Kier molecular flexibility index (Phi) is 3.17. The smallest absolute Gasteiger partial charge is 0.256 e. The monoisotopic (exact) mass is 270 g/mol. The van der Waals surface area contributed by atoms with Crippen molar-refractivity contribution in [3.8, 4) is 0 Å². The number of rotatable bonds is 0. The lowest BCUT2D eigenvalue weighted by molar-refractivity contribution is -0.110. The predicted molar refractivity (Wildman–Crippen MR) is 82.8 cm³/mol. The van der Waals surface area contributed by atoms with Crippen LogP contribution in [0.5, 0.6) is 0 Å². The predicted octanol–water partition coefficient (Wildman–Crippen LogP) is 3.07. The summed E-state index contributed by atoms with van der Waals surface area (Å²) in [4.78, 5) is 12.3. The number of benzene rings is 1. The van der Waals surface area contributed by atoms with Gasteiger partial charge in [-0.3, -0.25) is 4.79 Å². The molecule has 3 nitrogen and oxygen atoms in total. The van der Waals surface area contributed by atoms with E-state index in [1.165, 1.54) is 11.1 Å². The summed E-state index contributed by atoms with van der Waals surface area (Å²) < 4.78 is 0. The number of hydrogen-bond donors (Lipinski definition) is 2. The average molecular weight is 270 g/mol. The number of anilines is 1. The molecule has 1 amide bonds. The Morgan fingerprint density at radius 1 is 1.10 bits per heavy atom. The minimum absolute atomic E-state index is 0.0722. The number of hydrogen-bond acceptors (Lipinski definition) is 2. The maximum absolute atomic E-state index is 12.3. The highest BCUT2D eigenvalue weighted by molar-refractivity contribution is 6.32. The summed E-state index contributed by atoms with van der Waals surface area (Å²) in [5.74, 6) is 0.0722. The van der Waals surface area contributed by atoms with E-state index in [9.17, 15) is 4.79 Å². The molecule has 1 saturated heterocycles. The lowest BCUT2D eigenvalue weighted by Crippen LogP contribution is -2.24. The lowest BCUT2D eigenvalue weighted by Gasteiger charge is -2.21. The van der Waals surface area contributed by atoms with Crippen LogP contribution in [0.3, 0.4) is 0 Å². The normalized spacial score (nSPS) is 19.1. The van der Waals surface area contributed by atoms with E-state index in [1.54, 1.807) is 0 Å². The molecule has 0 aromatic heterocycles. The highest BCUT2D eigenvalue weighted by Crippen LogP contribution is 2.38. The van der Waals surface area contributed by atoms with Crippen molar-refractivity contribution in [3.05, 3.63) is 34.9 Å². The molecule has 0 unspecified atom stereocenters. The van der Waals surface area contributed by atoms with Gasteiger partial charge in [0.15, 0.2) is 0 Å². The molecule has 1 aromatic carbocycles. The molecule has 3 heteroatoms. The van der Waals surface area contributed by atoms with Crippen LogP contribution in [-0.4, -0.2) is 19.0 Å². The average Bonchev–Trinajstić information content (AvgIpc) is 2.73. The van der Waals surface area contributed by atoms with Crippen LogP contribution >= 0.6 is 0 Å². The number of piperidine rings is 1. The summed E-state index contributed by atoms with van der Waals surface area (Å²) in [6.07, 6.45) is 1.95. The Morgan fingerprint density at radius 3 is 2.45 bits per heavy atom. The zero-order valence-corrected chi connectivity index (χ0v) is 12.5. The van der Waals surface area contributed by atoms with E-state index >= 15 is 0 Å². The van der Waals surface area contributed by atoms with Crippen molar-refractivity contribution >= 4 is 17.2 Å². The molecule has 1 aromatic rings. The van der Waals surface area contributed by atoms with E-state index in [-0.39, 0.29) is 11.3 Å². The van der Waals surface area contributed by atoms with Gasteiger partial charge >= 0.3 is 0 Å². The van der Waals surface area contributed by atoms with Crippen molar-refractivity contribution < 1.29 is 4.79 Å². The van der Waals surface area contributed by atoms with Gasteiger partial charge in [-0.05, 0) is 49.0 Å². The highest BCUT2D eigenvalue weighted by Gasteiger charge is 2.29. The SMILES string of the molecule is CC(C)(C)c1ccc2c(c1)C(=C1CCNCC1)C(=O)N2. The Balaban J connectivity index is 2.10. The standard InChI is InChI=1S/C17H22N2O/c1-17(2,3)12-4-5-14-13(10-12)15(16(20)19-14)11-6-8-18-9-7-11/h4-5,10,18H,6-9H2,1-3H3,(H,19,20). The summed E-state index contributed by atoms with van der Waals surface area (Å²) in [5, 5.41) is 6.35. The second-order valence-electron chi connectivity index (χ2n) is 6.69. The van der Waals surface area contributed by atoms with Crippen LogP contribution in [0.15, 0.2) is 23.8 Å². The molecule has 0 saturated carbocycles. The van der Waals surface area contributed by atoms with Crippen molar-refractivity contribution in [2.24, 2.45) is 0 Å². The van der Waals surface area contributed by atoms with E-state index in [2.05, 4.69) is 43.5 Å². The second kappa shape index (κ2) is 4.74. The molecule has 0 radical (unpaired) electrons. The van der Waals surface area contributed by atoms with Gasteiger partial charge in [0.05, 0.1) is 0 Å². The first-order valence-electron chi connectivity index (χ1n) is 7.36. The lowest BCUT2D eigenvalue weighted by atomic mass is 9.84. The van der Waals surface area contributed by atoms with Crippen LogP contribution in [0.25, 0.3) is 5.57 Å². The molecule has 2 aliphatic heterocycles. The summed E-state index contributed by atoms with van der Waals surface area (Å²) in [7, 11) is 0. The molecular formula is C17H22N2O. The van der Waals surface area contributed by atoms with Gasteiger partial charge in [0.1, 0.15) is 0 Å². The van der Waals surface area contributed by atoms with Crippen molar-refractivity contribution in [2.45, 2.75) is 39.0 Å². The molecule has 1 fully saturated rings. The largest absolute Gasteiger partial charge is 0.321 e. The van der Waals surface area contributed by atoms with Crippen molar-refractivity contribution in [3.63, 3.8) is 0 Å². The molecule has 20 heavy (non-hydrogen) atoms. The quantitative estimate of drug-likeness (QED) is 0.711.